The van der Waals surface area contributed by atoms with E-state index in [9.17, 15) is 23.1 Å². The summed E-state index contributed by atoms with van der Waals surface area (Å²) in [6.45, 7) is 0.682. The summed E-state index contributed by atoms with van der Waals surface area (Å²) >= 11 is 0. The number of hydrogen-bond acceptors (Lipinski definition) is 3. The fourth-order valence-corrected chi connectivity index (χ4v) is 1.47. The van der Waals surface area contributed by atoms with Crippen molar-refractivity contribution >= 4 is 5.97 Å². The van der Waals surface area contributed by atoms with Crippen LogP contribution in [0.1, 0.15) is 13.3 Å². The molecule has 0 saturated heterocycles. The van der Waals surface area contributed by atoms with Crippen molar-refractivity contribution in [2.75, 3.05) is 7.11 Å². The third-order valence-electron chi connectivity index (χ3n) is 2.72. The summed E-state index contributed by atoms with van der Waals surface area (Å²) < 4.78 is 42.0. The third-order valence-corrected chi connectivity index (χ3v) is 2.72. The van der Waals surface area contributed by atoms with E-state index in [4.69, 9.17) is 0 Å². The van der Waals surface area contributed by atoms with Crippen molar-refractivity contribution in [3.63, 3.8) is 0 Å². The molecule has 0 fully saturated rings. The van der Waals surface area contributed by atoms with Crippen molar-refractivity contribution in [2.45, 2.75) is 25.1 Å². The number of allylic oxidation sites excluding steroid dienone is 1. The van der Waals surface area contributed by atoms with E-state index in [2.05, 4.69) is 4.74 Å². The lowest BCUT2D eigenvalue weighted by atomic mass is 9.87. The first-order valence-electron chi connectivity index (χ1n) is 4.96. The second-order valence-corrected chi connectivity index (χ2v) is 3.95. The molecular weight excluding hydrogens is 237 g/mol. The van der Waals surface area contributed by atoms with Gasteiger partial charge in [-0.15, -0.1) is 0 Å². The largest absolute Gasteiger partial charge is 0.469 e. The molecule has 0 aromatic heterocycles. The maximum Gasteiger partial charge on any atom is 0.421 e. The predicted octanol–water partition coefficient (Wildman–Crippen LogP) is 1.98. The average Bonchev–Trinajstić information content (AvgIpc) is 2.26. The first-order valence-corrected chi connectivity index (χ1v) is 4.96. The van der Waals surface area contributed by atoms with E-state index in [-0.39, 0.29) is 12.0 Å². The van der Waals surface area contributed by atoms with Crippen LogP contribution in [0.5, 0.6) is 0 Å². The van der Waals surface area contributed by atoms with Crippen LogP contribution in [-0.4, -0.2) is 30.0 Å². The number of hydrogen-bond donors (Lipinski definition) is 1. The van der Waals surface area contributed by atoms with Gasteiger partial charge in [-0.1, -0.05) is 18.2 Å². The van der Waals surface area contributed by atoms with Gasteiger partial charge in [-0.05, 0) is 18.9 Å². The van der Waals surface area contributed by atoms with Crippen LogP contribution < -0.4 is 0 Å². The Morgan fingerprint density at radius 3 is 2.47 bits per heavy atom. The molecule has 0 saturated carbocycles. The molecule has 1 aliphatic rings. The van der Waals surface area contributed by atoms with Crippen LogP contribution in [0.3, 0.4) is 0 Å². The zero-order valence-corrected chi connectivity index (χ0v) is 9.41. The Morgan fingerprint density at radius 2 is 2.12 bits per heavy atom. The zero-order valence-electron chi connectivity index (χ0n) is 9.41. The Balaban J connectivity index is 2.84. The number of carbonyl (C=O) groups excluding carboxylic acids is 1. The van der Waals surface area contributed by atoms with E-state index < -0.39 is 23.7 Å². The first kappa shape index (κ1) is 13.8. The number of ether oxygens (including phenoxy) is 1. The van der Waals surface area contributed by atoms with Crippen molar-refractivity contribution in [1.82, 2.24) is 0 Å². The summed E-state index contributed by atoms with van der Waals surface area (Å²) in [6.07, 6.45) is -1.04. The molecule has 1 rings (SSSR count). The van der Waals surface area contributed by atoms with Gasteiger partial charge in [0.1, 0.15) is 0 Å². The van der Waals surface area contributed by atoms with Crippen molar-refractivity contribution in [3.05, 3.63) is 23.8 Å². The van der Waals surface area contributed by atoms with Crippen LogP contribution in [0.25, 0.3) is 0 Å². The fraction of sp³-hybridized carbons (Fsp3) is 0.545. The van der Waals surface area contributed by atoms with Gasteiger partial charge in [-0.2, -0.15) is 13.2 Å². The van der Waals surface area contributed by atoms with E-state index in [1.807, 2.05) is 0 Å². The molecule has 0 heterocycles. The highest BCUT2D eigenvalue weighted by Gasteiger charge is 2.52. The molecule has 2 atom stereocenters. The van der Waals surface area contributed by atoms with Gasteiger partial charge < -0.3 is 9.84 Å². The number of halogens is 3. The van der Waals surface area contributed by atoms with Crippen LogP contribution in [-0.2, 0) is 9.53 Å². The molecule has 0 aliphatic heterocycles. The van der Waals surface area contributed by atoms with Crippen molar-refractivity contribution in [3.8, 4) is 0 Å². The van der Waals surface area contributed by atoms with E-state index in [1.54, 1.807) is 0 Å². The molecule has 3 nitrogen and oxygen atoms in total. The van der Waals surface area contributed by atoms with Gasteiger partial charge in [-0.3, -0.25) is 4.79 Å². The highest BCUT2D eigenvalue weighted by molar-refractivity contribution is 5.75. The van der Waals surface area contributed by atoms with Gasteiger partial charge in [0, 0.05) is 0 Å². The number of aliphatic hydroxyl groups is 1. The van der Waals surface area contributed by atoms with Crippen molar-refractivity contribution in [1.29, 1.82) is 0 Å². The zero-order chi connectivity index (χ0) is 13.3. The molecular formula is C11H13F3O3. The van der Waals surface area contributed by atoms with Gasteiger partial charge in [0.25, 0.3) is 0 Å². The highest BCUT2D eigenvalue weighted by atomic mass is 19.4. The Labute approximate surface area is 96.6 Å². The third kappa shape index (κ3) is 2.69. The maximum atomic E-state index is 12.5. The topological polar surface area (TPSA) is 46.5 Å². The quantitative estimate of drug-likeness (QED) is 0.762. The molecule has 17 heavy (non-hydrogen) atoms. The lowest BCUT2D eigenvalue weighted by Crippen LogP contribution is -2.44. The van der Waals surface area contributed by atoms with E-state index >= 15 is 0 Å². The standard InChI is InChI=1S/C11H13F3O3/c1-10(16,11(12,13)14)8-5-3-7(4-6-8)9(15)17-2/h3,5-7,16H,4H2,1-2H3. The molecule has 1 aliphatic carbocycles. The SMILES string of the molecule is COC(=O)C1C=CC(C(C)(O)C(F)(F)F)=CC1. The minimum Gasteiger partial charge on any atom is -0.469 e. The van der Waals surface area contributed by atoms with Gasteiger partial charge in [0.2, 0.25) is 0 Å². The van der Waals surface area contributed by atoms with E-state index in [1.165, 1.54) is 19.3 Å². The number of rotatable bonds is 2. The molecule has 0 bridgehead atoms. The summed E-state index contributed by atoms with van der Waals surface area (Å²) in [5, 5.41) is 9.40. The highest BCUT2D eigenvalue weighted by Crippen LogP contribution is 2.38. The molecule has 0 aromatic rings. The van der Waals surface area contributed by atoms with Gasteiger partial charge in [0.05, 0.1) is 13.0 Å². The summed E-state index contributed by atoms with van der Waals surface area (Å²) in [7, 11) is 1.21. The first-order chi connectivity index (χ1) is 7.70. The number of carbonyl (C=O) groups is 1. The smallest absolute Gasteiger partial charge is 0.421 e. The van der Waals surface area contributed by atoms with Crippen LogP contribution in [0, 0.1) is 5.92 Å². The van der Waals surface area contributed by atoms with Gasteiger partial charge >= 0.3 is 12.1 Å². The second kappa shape index (κ2) is 4.52. The Kier molecular flexibility index (Phi) is 3.66. The summed E-state index contributed by atoms with van der Waals surface area (Å²) in [4.78, 5) is 11.1. The molecule has 6 heteroatoms. The molecule has 0 aromatic carbocycles. The van der Waals surface area contributed by atoms with Crippen molar-refractivity contribution in [2.24, 2.45) is 5.92 Å². The van der Waals surface area contributed by atoms with Crippen LogP contribution in [0.15, 0.2) is 23.8 Å². The molecule has 2 unspecified atom stereocenters. The Bertz CT molecular complexity index is 367. The molecule has 0 spiro atoms. The average molecular weight is 250 g/mol. The lowest BCUT2D eigenvalue weighted by Gasteiger charge is -2.29. The predicted molar refractivity (Wildman–Crippen MR) is 54.0 cm³/mol. The lowest BCUT2D eigenvalue weighted by molar-refractivity contribution is -0.235. The fourth-order valence-electron chi connectivity index (χ4n) is 1.47. The summed E-state index contributed by atoms with van der Waals surface area (Å²) in [6, 6.07) is 0. The van der Waals surface area contributed by atoms with Crippen LogP contribution in [0.2, 0.25) is 0 Å². The molecule has 96 valence electrons. The summed E-state index contributed by atoms with van der Waals surface area (Å²) in [5.74, 6) is -1.10. The monoisotopic (exact) mass is 250 g/mol. The Morgan fingerprint density at radius 1 is 1.53 bits per heavy atom. The van der Waals surface area contributed by atoms with E-state index in [0.29, 0.717) is 6.92 Å². The number of methoxy groups -OCH3 is 1. The molecule has 1 N–H and O–H groups in total. The normalized spacial score (nSPS) is 23.9. The molecule has 0 radical (unpaired) electrons. The van der Waals surface area contributed by atoms with Crippen LogP contribution in [0.4, 0.5) is 13.2 Å². The Hall–Kier alpha value is -1.30. The number of alkyl halides is 3. The number of esters is 1. The maximum absolute atomic E-state index is 12.5. The van der Waals surface area contributed by atoms with Gasteiger partial charge in [-0.25, -0.2) is 0 Å². The van der Waals surface area contributed by atoms with Crippen LogP contribution >= 0.6 is 0 Å². The minimum absolute atomic E-state index is 0.0880. The molecule has 0 amide bonds. The van der Waals surface area contributed by atoms with Gasteiger partial charge in [0.15, 0.2) is 5.60 Å². The minimum atomic E-state index is -4.75. The van der Waals surface area contributed by atoms with E-state index in [0.717, 1.165) is 6.08 Å². The second-order valence-electron chi connectivity index (χ2n) is 3.95. The summed E-state index contributed by atoms with van der Waals surface area (Å²) in [5.41, 5.74) is -3.16. The van der Waals surface area contributed by atoms with Crippen molar-refractivity contribution < 1.29 is 27.8 Å².